The Hall–Kier alpha value is -0.470. The highest BCUT2D eigenvalue weighted by Crippen LogP contribution is 2.37. The summed E-state index contributed by atoms with van der Waals surface area (Å²) in [5.41, 5.74) is 9.01. The van der Waals surface area contributed by atoms with Crippen molar-refractivity contribution < 1.29 is 0 Å². The van der Waals surface area contributed by atoms with Crippen LogP contribution in [0.4, 0.5) is 0 Å². The molecule has 1 aliphatic rings. The van der Waals surface area contributed by atoms with Gasteiger partial charge in [-0.05, 0) is 37.3 Å². The second-order valence-corrected chi connectivity index (χ2v) is 6.13. The molecule has 0 saturated heterocycles. The fourth-order valence-electron chi connectivity index (χ4n) is 1.98. The van der Waals surface area contributed by atoms with E-state index in [2.05, 4.69) is 38.1 Å². The fraction of sp³-hybridized carbons (Fsp3) is 0.538. The second-order valence-electron chi connectivity index (χ2n) is 5.10. The van der Waals surface area contributed by atoms with E-state index in [1.54, 1.807) is 5.56 Å². The van der Waals surface area contributed by atoms with E-state index in [0.717, 1.165) is 11.7 Å². The maximum absolute atomic E-state index is 5.95. The average molecular weight is 221 g/mol. The molecule has 1 unspecified atom stereocenters. The highest BCUT2D eigenvalue weighted by Gasteiger charge is 2.25. The number of hydrogen-bond acceptors (Lipinski definition) is 2. The summed E-state index contributed by atoms with van der Waals surface area (Å²) < 4.78 is 0. The first-order valence-electron chi connectivity index (χ1n) is 5.51. The van der Waals surface area contributed by atoms with Crippen molar-refractivity contribution in [1.29, 1.82) is 0 Å². The SMILES string of the molecule is CC(C)(N)CSCC1Cc2ccccc21. The van der Waals surface area contributed by atoms with Crippen molar-refractivity contribution in [2.24, 2.45) is 5.73 Å². The van der Waals surface area contributed by atoms with Crippen molar-refractivity contribution in [3.63, 3.8) is 0 Å². The van der Waals surface area contributed by atoms with Gasteiger partial charge < -0.3 is 5.73 Å². The van der Waals surface area contributed by atoms with Gasteiger partial charge >= 0.3 is 0 Å². The van der Waals surface area contributed by atoms with Gasteiger partial charge in [0.2, 0.25) is 0 Å². The van der Waals surface area contributed by atoms with Crippen LogP contribution in [0.25, 0.3) is 0 Å². The number of rotatable bonds is 4. The molecule has 2 N–H and O–H groups in total. The first-order chi connectivity index (χ1) is 7.06. The number of fused-ring (bicyclic) bond motifs is 1. The predicted octanol–water partition coefficient (Wildman–Crippen LogP) is 2.80. The molecule has 2 rings (SSSR count). The summed E-state index contributed by atoms with van der Waals surface area (Å²) in [7, 11) is 0. The fourth-order valence-corrected chi connectivity index (χ4v) is 3.20. The van der Waals surface area contributed by atoms with Gasteiger partial charge in [-0.3, -0.25) is 0 Å². The van der Waals surface area contributed by atoms with Crippen LogP contribution in [0.5, 0.6) is 0 Å². The van der Waals surface area contributed by atoms with Gasteiger partial charge in [-0.2, -0.15) is 11.8 Å². The highest BCUT2D eigenvalue weighted by molar-refractivity contribution is 7.99. The van der Waals surface area contributed by atoms with Crippen LogP contribution in [0.15, 0.2) is 24.3 Å². The zero-order chi connectivity index (χ0) is 10.9. The summed E-state index contributed by atoms with van der Waals surface area (Å²) in [5.74, 6) is 3.04. The molecule has 0 heterocycles. The molecule has 1 aromatic rings. The molecule has 1 aromatic carbocycles. The summed E-state index contributed by atoms with van der Waals surface area (Å²) in [4.78, 5) is 0. The molecule has 1 nitrogen and oxygen atoms in total. The molecule has 0 aromatic heterocycles. The lowest BCUT2D eigenvalue weighted by atomic mass is 9.79. The number of nitrogens with two attached hydrogens (primary N) is 1. The van der Waals surface area contributed by atoms with Gasteiger partial charge in [-0.25, -0.2) is 0 Å². The van der Waals surface area contributed by atoms with Crippen molar-refractivity contribution in [1.82, 2.24) is 0 Å². The minimum Gasteiger partial charge on any atom is -0.325 e. The Morgan fingerprint density at radius 2 is 2.13 bits per heavy atom. The maximum atomic E-state index is 5.95. The maximum Gasteiger partial charge on any atom is 0.0188 e. The summed E-state index contributed by atoms with van der Waals surface area (Å²) in [5, 5.41) is 0. The van der Waals surface area contributed by atoms with Crippen LogP contribution in [-0.4, -0.2) is 17.0 Å². The Bertz CT molecular complexity index is 341. The first kappa shape index (κ1) is 11.0. The molecular formula is C13H19NS. The van der Waals surface area contributed by atoms with Crippen LogP contribution in [-0.2, 0) is 6.42 Å². The van der Waals surface area contributed by atoms with E-state index in [-0.39, 0.29) is 5.54 Å². The van der Waals surface area contributed by atoms with Crippen LogP contribution >= 0.6 is 11.8 Å². The molecule has 1 atom stereocenters. The Balaban J connectivity index is 1.81. The Labute approximate surface area is 96.4 Å². The molecule has 15 heavy (non-hydrogen) atoms. The molecule has 0 fully saturated rings. The Kier molecular flexibility index (Phi) is 3.08. The normalized spacial score (nSPS) is 19.5. The van der Waals surface area contributed by atoms with E-state index in [0.29, 0.717) is 0 Å². The lowest BCUT2D eigenvalue weighted by Gasteiger charge is -2.30. The molecule has 0 bridgehead atoms. The third kappa shape index (κ3) is 2.76. The van der Waals surface area contributed by atoms with E-state index in [9.17, 15) is 0 Å². The van der Waals surface area contributed by atoms with E-state index >= 15 is 0 Å². The minimum absolute atomic E-state index is 0.0338. The van der Waals surface area contributed by atoms with Crippen LogP contribution in [0.2, 0.25) is 0 Å². The molecule has 82 valence electrons. The molecule has 1 aliphatic carbocycles. The van der Waals surface area contributed by atoms with Gasteiger partial charge in [0, 0.05) is 17.0 Å². The molecule has 0 amide bonds. The predicted molar refractivity (Wildman–Crippen MR) is 68.5 cm³/mol. The van der Waals surface area contributed by atoms with Crippen molar-refractivity contribution in [3.05, 3.63) is 35.4 Å². The smallest absolute Gasteiger partial charge is 0.0188 e. The Morgan fingerprint density at radius 3 is 2.80 bits per heavy atom. The van der Waals surface area contributed by atoms with Gasteiger partial charge in [0.1, 0.15) is 0 Å². The van der Waals surface area contributed by atoms with Crippen LogP contribution in [0, 0.1) is 0 Å². The molecule has 0 spiro atoms. The summed E-state index contributed by atoms with van der Waals surface area (Å²) in [6, 6.07) is 8.77. The zero-order valence-corrected chi connectivity index (χ0v) is 10.3. The van der Waals surface area contributed by atoms with E-state index in [1.807, 2.05) is 11.8 Å². The largest absolute Gasteiger partial charge is 0.325 e. The van der Waals surface area contributed by atoms with Crippen molar-refractivity contribution >= 4 is 11.8 Å². The van der Waals surface area contributed by atoms with E-state index in [4.69, 9.17) is 5.73 Å². The van der Waals surface area contributed by atoms with Crippen LogP contribution in [0.1, 0.15) is 30.9 Å². The van der Waals surface area contributed by atoms with Crippen molar-refractivity contribution in [2.75, 3.05) is 11.5 Å². The molecule has 2 heteroatoms. The van der Waals surface area contributed by atoms with Gasteiger partial charge in [0.15, 0.2) is 0 Å². The highest BCUT2D eigenvalue weighted by atomic mass is 32.2. The average Bonchev–Trinajstić information content (AvgIpc) is 2.11. The lowest BCUT2D eigenvalue weighted by Crippen LogP contribution is -2.35. The zero-order valence-electron chi connectivity index (χ0n) is 9.49. The summed E-state index contributed by atoms with van der Waals surface area (Å²) in [6.07, 6.45) is 1.26. The monoisotopic (exact) mass is 221 g/mol. The topological polar surface area (TPSA) is 26.0 Å². The summed E-state index contributed by atoms with van der Waals surface area (Å²) in [6.45, 7) is 4.18. The quantitative estimate of drug-likeness (QED) is 0.846. The number of thioether (sulfide) groups is 1. The van der Waals surface area contributed by atoms with Crippen LogP contribution in [0.3, 0.4) is 0 Å². The standard InChI is InChI=1S/C13H19NS/c1-13(2,14)9-15-8-11-7-10-5-3-4-6-12(10)11/h3-6,11H,7-9,14H2,1-2H3. The van der Waals surface area contributed by atoms with Crippen molar-refractivity contribution in [3.8, 4) is 0 Å². The third-order valence-electron chi connectivity index (χ3n) is 2.75. The molecule has 0 radical (unpaired) electrons. The van der Waals surface area contributed by atoms with Crippen molar-refractivity contribution in [2.45, 2.75) is 31.7 Å². The number of hydrogen-bond donors (Lipinski definition) is 1. The van der Waals surface area contributed by atoms with Gasteiger partial charge in [-0.1, -0.05) is 24.3 Å². The van der Waals surface area contributed by atoms with E-state index < -0.39 is 0 Å². The summed E-state index contributed by atoms with van der Waals surface area (Å²) >= 11 is 1.98. The number of benzene rings is 1. The second kappa shape index (κ2) is 4.18. The van der Waals surface area contributed by atoms with Gasteiger partial charge in [0.05, 0.1) is 0 Å². The van der Waals surface area contributed by atoms with Gasteiger partial charge in [-0.15, -0.1) is 0 Å². The van der Waals surface area contributed by atoms with E-state index in [1.165, 1.54) is 17.7 Å². The first-order valence-corrected chi connectivity index (χ1v) is 6.66. The molecule has 0 saturated carbocycles. The van der Waals surface area contributed by atoms with Gasteiger partial charge in [0.25, 0.3) is 0 Å². The Morgan fingerprint density at radius 1 is 1.40 bits per heavy atom. The molecular weight excluding hydrogens is 202 g/mol. The lowest BCUT2D eigenvalue weighted by molar-refractivity contribution is 0.589. The molecule has 0 aliphatic heterocycles. The minimum atomic E-state index is -0.0338. The third-order valence-corrected chi connectivity index (χ3v) is 4.34. The van der Waals surface area contributed by atoms with Crippen LogP contribution < -0.4 is 5.73 Å².